The smallest absolute Gasteiger partial charge is 0.213 e. The quantitative estimate of drug-likeness (QED) is 0.942. The molecule has 2 aromatic heterocycles. The topological polar surface area (TPSA) is 59.9 Å². The summed E-state index contributed by atoms with van der Waals surface area (Å²) in [6, 6.07) is 5.47. The van der Waals surface area contributed by atoms with E-state index in [4.69, 9.17) is 4.74 Å². The largest absolute Gasteiger partial charge is 0.481 e. The molecule has 0 amide bonds. The Morgan fingerprint density at radius 1 is 1.29 bits per heavy atom. The number of hydrogen-bond acceptors (Lipinski definition) is 5. The van der Waals surface area contributed by atoms with E-state index in [0.29, 0.717) is 17.4 Å². The predicted octanol–water partition coefficient (Wildman–Crippen LogP) is 2.35. The first kappa shape index (κ1) is 11.8. The lowest BCUT2D eigenvalue weighted by Crippen LogP contribution is -1.99. The minimum atomic E-state index is 0.542. The summed E-state index contributed by atoms with van der Waals surface area (Å²) < 4.78 is 5.88. The number of hydrogen-bond donors (Lipinski definition) is 1. The van der Waals surface area contributed by atoms with Gasteiger partial charge in [0.05, 0.1) is 11.6 Å². The van der Waals surface area contributed by atoms with E-state index in [1.165, 1.54) is 0 Å². The molecule has 0 aliphatic heterocycles. The van der Waals surface area contributed by atoms with Gasteiger partial charge in [0.1, 0.15) is 11.5 Å². The van der Waals surface area contributed by atoms with Crippen LogP contribution < -0.4 is 10.1 Å². The number of aromatic nitrogens is 3. The zero-order chi connectivity index (χ0) is 12.3. The van der Waals surface area contributed by atoms with Crippen molar-refractivity contribution >= 4 is 21.7 Å². The molecule has 0 saturated heterocycles. The van der Waals surface area contributed by atoms with Gasteiger partial charge in [-0.05, 0) is 22.0 Å². The van der Waals surface area contributed by atoms with Crippen molar-refractivity contribution in [1.29, 1.82) is 0 Å². The Bertz CT molecular complexity index is 533. The van der Waals surface area contributed by atoms with E-state index < -0.39 is 0 Å². The van der Waals surface area contributed by atoms with Crippen LogP contribution in [0.1, 0.15) is 0 Å². The van der Waals surface area contributed by atoms with Crippen LogP contribution in [-0.2, 0) is 0 Å². The predicted molar refractivity (Wildman–Crippen MR) is 69.1 cm³/mol. The van der Waals surface area contributed by atoms with Crippen LogP contribution in [0.15, 0.2) is 28.9 Å². The van der Waals surface area contributed by atoms with Crippen molar-refractivity contribution in [3.05, 3.63) is 28.9 Å². The summed E-state index contributed by atoms with van der Waals surface area (Å²) in [6.45, 7) is 0. The van der Waals surface area contributed by atoms with Gasteiger partial charge in [-0.25, -0.2) is 15.0 Å². The Morgan fingerprint density at radius 3 is 2.82 bits per heavy atom. The van der Waals surface area contributed by atoms with Crippen molar-refractivity contribution in [2.75, 3.05) is 19.5 Å². The maximum absolute atomic E-state index is 5.07. The molecule has 0 saturated carbocycles. The second-order valence-electron chi connectivity index (χ2n) is 3.21. The molecule has 0 aromatic carbocycles. The van der Waals surface area contributed by atoms with Crippen molar-refractivity contribution in [2.45, 2.75) is 0 Å². The fourth-order valence-corrected chi connectivity index (χ4v) is 1.71. The SMILES string of the molecule is CNc1nc(-c2cccc(OC)n2)ncc1Br. The van der Waals surface area contributed by atoms with Gasteiger partial charge in [-0.15, -0.1) is 0 Å². The average molecular weight is 295 g/mol. The summed E-state index contributed by atoms with van der Waals surface area (Å²) in [5.41, 5.74) is 0.674. The van der Waals surface area contributed by atoms with Crippen LogP contribution in [0.3, 0.4) is 0 Å². The molecule has 0 aliphatic rings. The zero-order valence-electron chi connectivity index (χ0n) is 9.44. The lowest BCUT2D eigenvalue weighted by molar-refractivity contribution is 0.398. The third kappa shape index (κ3) is 2.52. The Morgan fingerprint density at radius 2 is 2.12 bits per heavy atom. The van der Waals surface area contributed by atoms with Gasteiger partial charge < -0.3 is 10.1 Å². The molecule has 0 unspecified atom stereocenters. The highest BCUT2D eigenvalue weighted by atomic mass is 79.9. The van der Waals surface area contributed by atoms with Crippen LogP contribution in [0.2, 0.25) is 0 Å². The highest BCUT2D eigenvalue weighted by Gasteiger charge is 2.07. The van der Waals surface area contributed by atoms with Crippen LogP contribution in [0.25, 0.3) is 11.5 Å². The molecular formula is C11H11BrN4O. The molecule has 17 heavy (non-hydrogen) atoms. The number of rotatable bonds is 3. The molecule has 0 aliphatic carbocycles. The van der Waals surface area contributed by atoms with Gasteiger partial charge in [0.25, 0.3) is 0 Å². The Balaban J connectivity index is 2.45. The number of ether oxygens (including phenoxy) is 1. The van der Waals surface area contributed by atoms with Crippen molar-refractivity contribution in [1.82, 2.24) is 15.0 Å². The molecule has 2 rings (SSSR count). The molecule has 2 aromatic rings. The summed E-state index contributed by atoms with van der Waals surface area (Å²) in [6.07, 6.45) is 1.69. The van der Waals surface area contributed by atoms with Crippen molar-refractivity contribution in [3.63, 3.8) is 0 Å². The number of pyridine rings is 1. The number of nitrogens with one attached hydrogen (secondary N) is 1. The summed E-state index contributed by atoms with van der Waals surface area (Å²) in [5.74, 6) is 1.82. The van der Waals surface area contributed by atoms with Crippen LogP contribution in [0, 0.1) is 0 Å². The number of anilines is 1. The third-order valence-electron chi connectivity index (χ3n) is 2.14. The first-order valence-electron chi connectivity index (χ1n) is 4.96. The number of methoxy groups -OCH3 is 1. The molecule has 2 heterocycles. The highest BCUT2D eigenvalue weighted by molar-refractivity contribution is 9.10. The van der Waals surface area contributed by atoms with Gasteiger partial charge in [-0.3, -0.25) is 0 Å². The van der Waals surface area contributed by atoms with Gasteiger partial charge in [0.15, 0.2) is 5.82 Å². The average Bonchev–Trinajstić information content (AvgIpc) is 2.39. The second kappa shape index (κ2) is 5.09. The van der Waals surface area contributed by atoms with Crippen molar-refractivity contribution in [3.8, 4) is 17.4 Å². The molecule has 0 bridgehead atoms. The molecule has 0 atom stereocenters. The number of halogens is 1. The molecule has 6 heteroatoms. The van der Waals surface area contributed by atoms with Crippen molar-refractivity contribution in [2.24, 2.45) is 0 Å². The van der Waals surface area contributed by atoms with E-state index in [0.717, 1.165) is 10.3 Å². The minimum Gasteiger partial charge on any atom is -0.481 e. The Kier molecular flexibility index (Phi) is 3.53. The molecule has 0 fully saturated rings. The second-order valence-corrected chi connectivity index (χ2v) is 4.06. The fourth-order valence-electron chi connectivity index (χ4n) is 1.32. The maximum atomic E-state index is 5.07. The summed E-state index contributed by atoms with van der Waals surface area (Å²) in [5, 5.41) is 2.98. The van der Waals surface area contributed by atoms with Gasteiger partial charge in [-0.1, -0.05) is 6.07 Å². The van der Waals surface area contributed by atoms with E-state index in [1.807, 2.05) is 12.1 Å². The molecule has 5 nitrogen and oxygen atoms in total. The van der Waals surface area contributed by atoms with E-state index in [-0.39, 0.29) is 0 Å². The van der Waals surface area contributed by atoms with E-state index in [1.54, 1.807) is 26.4 Å². The van der Waals surface area contributed by atoms with E-state index in [9.17, 15) is 0 Å². The zero-order valence-corrected chi connectivity index (χ0v) is 11.0. The normalized spacial score (nSPS) is 10.1. The Labute approximate surface area is 107 Å². The van der Waals surface area contributed by atoms with Crippen LogP contribution in [-0.4, -0.2) is 29.1 Å². The van der Waals surface area contributed by atoms with Gasteiger partial charge in [-0.2, -0.15) is 0 Å². The first-order chi connectivity index (χ1) is 8.24. The first-order valence-corrected chi connectivity index (χ1v) is 5.75. The van der Waals surface area contributed by atoms with Gasteiger partial charge >= 0.3 is 0 Å². The fraction of sp³-hybridized carbons (Fsp3) is 0.182. The van der Waals surface area contributed by atoms with Crippen LogP contribution >= 0.6 is 15.9 Å². The lowest BCUT2D eigenvalue weighted by atomic mass is 10.3. The highest BCUT2D eigenvalue weighted by Crippen LogP contribution is 2.22. The Hall–Kier alpha value is -1.69. The number of nitrogens with zero attached hydrogens (tertiary/aromatic N) is 3. The lowest BCUT2D eigenvalue weighted by Gasteiger charge is -2.05. The van der Waals surface area contributed by atoms with Gasteiger partial charge in [0.2, 0.25) is 5.88 Å². The van der Waals surface area contributed by atoms with E-state index >= 15 is 0 Å². The minimum absolute atomic E-state index is 0.542. The summed E-state index contributed by atoms with van der Waals surface area (Å²) in [7, 11) is 3.38. The third-order valence-corrected chi connectivity index (χ3v) is 2.72. The molecule has 88 valence electrons. The molecule has 0 spiro atoms. The van der Waals surface area contributed by atoms with Gasteiger partial charge in [0, 0.05) is 19.3 Å². The standard InChI is InChI=1S/C11H11BrN4O/c1-13-10-7(12)6-14-11(16-10)8-4-3-5-9(15-8)17-2/h3-6H,1-2H3,(H,13,14,16). The monoisotopic (exact) mass is 294 g/mol. The summed E-state index contributed by atoms with van der Waals surface area (Å²) in [4.78, 5) is 12.8. The maximum Gasteiger partial charge on any atom is 0.213 e. The van der Waals surface area contributed by atoms with Crippen molar-refractivity contribution < 1.29 is 4.74 Å². The van der Waals surface area contributed by atoms with E-state index in [2.05, 4.69) is 36.2 Å². The molecule has 0 radical (unpaired) electrons. The molecular weight excluding hydrogens is 284 g/mol. The molecule has 1 N–H and O–H groups in total. The van der Waals surface area contributed by atoms with Crippen LogP contribution in [0.4, 0.5) is 5.82 Å². The van der Waals surface area contributed by atoms with Crippen LogP contribution in [0.5, 0.6) is 5.88 Å². The summed E-state index contributed by atoms with van der Waals surface area (Å²) >= 11 is 3.36.